The van der Waals surface area contributed by atoms with E-state index in [1.165, 1.54) is 22.0 Å². The molecule has 1 aromatic heterocycles. The molecule has 0 bridgehead atoms. The number of H-pyrrole nitrogens is 1. The quantitative estimate of drug-likeness (QED) is 0.894. The van der Waals surface area contributed by atoms with E-state index in [9.17, 15) is 9.90 Å². The summed E-state index contributed by atoms with van der Waals surface area (Å²) in [6.45, 7) is 2.78. The molecule has 1 aliphatic heterocycles. The van der Waals surface area contributed by atoms with Gasteiger partial charge in [0.2, 0.25) is 5.91 Å². The molecule has 1 aliphatic carbocycles. The van der Waals surface area contributed by atoms with E-state index in [1.54, 1.807) is 0 Å². The zero-order chi connectivity index (χ0) is 15.3. The molecule has 4 nitrogen and oxygen atoms in total. The molecule has 0 saturated carbocycles. The highest BCUT2D eigenvalue weighted by atomic mass is 16.3. The largest absolute Gasteiger partial charge is 0.396 e. The molecule has 116 valence electrons. The van der Waals surface area contributed by atoms with Crippen LogP contribution in [0.25, 0.3) is 10.9 Å². The standard InChI is InChI=1S/C18H22N2O2/c1-2-17(22)20-9-11(10-21)6-14-13-4-3-5-15-18(13)12(8-19-15)7-16(14)20/h3-5,8,11,14,16,19,21H,2,6-7,9-10H2,1H3/t11-,14?,16?/m1/s1. The molecule has 2 N–H and O–H groups in total. The summed E-state index contributed by atoms with van der Waals surface area (Å²) in [4.78, 5) is 17.8. The van der Waals surface area contributed by atoms with Crippen molar-refractivity contribution in [1.82, 2.24) is 9.88 Å². The van der Waals surface area contributed by atoms with E-state index in [-0.39, 0.29) is 24.5 Å². The highest BCUT2D eigenvalue weighted by Gasteiger charge is 2.41. The van der Waals surface area contributed by atoms with E-state index in [2.05, 4.69) is 29.4 Å². The number of rotatable bonds is 2. The minimum atomic E-state index is 0.159. The number of hydrogen-bond acceptors (Lipinski definition) is 2. The van der Waals surface area contributed by atoms with Gasteiger partial charge in [0.1, 0.15) is 0 Å². The fourth-order valence-electron chi connectivity index (χ4n) is 4.41. The number of aromatic amines is 1. The van der Waals surface area contributed by atoms with Crippen LogP contribution in [0.1, 0.15) is 36.8 Å². The van der Waals surface area contributed by atoms with Crippen LogP contribution in [-0.4, -0.2) is 40.1 Å². The van der Waals surface area contributed by atoms with Gasteiger partial charge < -0.3 is 15.0 Å². The molecule has 1 amide bonds. The van der Waals surface area contributed by atoms with Crippen LogP contribution in [0.2, 0.25) is 0 Å². The summed E-state index contributed by atoms with van der Waals surface area (Å²) >= 11 is 0. The van der Waals surface area contributed by atoms with E-state index in [1.807, 2.05) is 11.8 Å². The Bertz CT molecular complexity index is 721. The van der Waals surface area contributed by atoms with Crippen LogP contribution in [0, 0.1) is 5.92 Å². The van der Waals surface area contributed by atoms with Crippen LogP contribution in [0.3, 0.4) is 0 Å². The summed E-state index contributed by atoms with van der Waals surface area (Å²) in [5.41, 5.74) is 3.85. The third kappa shape index (κ3) is 1.90. The molecule has 1 saturated heterocycles. The minimum absolute atomic E-state index is 0.159. The molecule has 1 fully saturated rings. The van der Waals surface area contributed by atoms with E-state index >= 15 is 0 Å². The number of nitrogens with zero attached hydrogens (tertiary/aromatic N) is 1. The van der Waals surface area contributed by atoms with E-state index in [4.69, 9.17) is 0 Å². The highest BCUT2D eigenvalue weighted by Crippen LogP contribution is 2.44. The smallest absolute Gasteiger partial charge is 0.222 e. The second-order valence-electron chi connectivity index (χ2n) is 6.65. The number of carbonyl (C=O) groups is 1. The predicted molar refractivity (Wildman–Crippen MR) is 85.7 cm³/mol. The SMILES string of the molecule is CCC(=O)N1C[C@H](CO)CC2c3cccc4[nH]cc(c34)CC21. The van der Waals surface area contributed by atoms with Gasteiger partial charge in [-0.2, -0.15) is 0 Å². The topological polar surface area (TPSA) is 56.3 Å². The molecule has 1 aromatic carbocycles. The summed E-state index contributed by atoms with van der Waals surface area (Å²) in [5, 5.41) is 11.0. The van der Waals surface area contributed by atoms with Crippen molar-refractivity contribution in [3.8, 4) is 0 Å². The summed E-state index contributed by atoms with van der Waals surface area (Å²) in [6.07, 6.45) is 4.52. The lowest BCUT2D eigenvalue weighted by molar-refractivity contribution is -0.136. The Hall–Kier alpha value is -1.81. The van der Waals surface area contributed by atoms with Gasteiger partial charge in [-0.25, -0.2) is 0 Å². The maximum atomic E-state index is 12.4. The number of fused-ring (bicyclic) bond motifs is 2. The third-order valence-electron chi connectivity index (χ3n) is 5.44. The van der Waals surface area contributed by atoms with Gasteiger partial charge in [0, 0.05) is 54.5 Å². The van der Waals surface area contributed by atoms with Gasteiger partial charge in [0.25, 0.3) is 0 Å². The summed E-state index contributed by atoms with van der Waals surface area (Å²) in [6, 6.07) is 6.65. The number of nitrogens with one attached hydrogen (secondary N) is 1. The Labute approximate surface area is 130 Å². The van der Waals surface area contributed by atoms with Crippen LogP contribution >= 0.6 is 0 Å². The first-order valence-electron chi connectivity index (χ1n) is 8.22. The number of piperidine rings is 1. The van der Waals surface area contributed by atoms with Crippen LogP contribution in [0.4, 0.5) is 0 Å². The number of carbonyl (C=O) groups excluding carboxylic acids is 1. The van der Waals surface area contributed by atoms with Crippen molar-refractivity contribution in [3.63, 3.8) is 0 Å². The molecule has 22 heavy (non-hydrogen) atoms. The van der Waals surface area contributed by atoms with Gasteiger partial charge in [-0.15, -0.1) is 0 Å². The fourth-order valence-corrected chi connectivity index (χ4v) is 4.41. The lowest BCUT2D eigenvalue weighted by Crippen LogP contribution is -2.53. The lowest BCUT2D eigenvalue weighted by atomic mass is 9.72. The molecular weight excluding hydrogens is 276 g/mol. The Morgan fingerprint density at radius 3 is 3.09 bits per heavy atom. The van der Waals surface area contributed by atoms with Gasteiger partial charge in [-0.05, 0) is 30.0 Å². The molecule has 4 heteroatoms. The van der Waals surface area contributed by atoms with Crippen molar-refractivity contribution in [2.75, 3.05) is 13.2 Å². The number of likely N-dealkylation sites (tertiary alicyclic amines) is 1. The molecule has 2 aromatic rings. The van der Waals surface area contributed by atoms with Crippen molar-refractivity contribution in [1.29, 1.82) is 0 Å². The fraction of sp³-hybridized carbons (Fsp3) is 0.500. The first kappa shape index (κ1) is 13.8. The number of hydrogen-bond donors (Lipinski definition) is 2. The van der Waals surface area contributed by atoms with E-state index < -0.39 is 0 Å². The zero-order valence-electron chi connectivity index (χ0n) is 12.9. The molecule has 0 spiro atoms. The monoisotopic (exact) mass is 298 g/mol. The van der Waals surface area contributed by atoms with Crippen molar-refractivity contribution in [2.45, 2.75) is 38.1 Å². The molecule has 2 unspecified atom stereocenters. The minimum Gasteiger partial charge on any atom is -0.396 e. The average molecular weight is 298 g/mol. The Kier molecular flexibility index (Phi) is 3.22. The van der Waals surface area contributed by atoms with Crippen LogP contribution in [0.5, 0.6) is 0 Å². The number of aliphatic hydroxyl groups is 1. The summed E-state index contributed by atoms with van der Waals surface area (Å²) < 4.78 is 0. The average Bonchev–Trinajstić information content (AvgIpc) is 2.98. The molecule has 2 aliphatic rings. The molecule has 3 atom stereocenters. The molecule has 4 rings (SSSR count). The van der Waals surface area contributed by atoms with Crippen LogP contribution in [0.15, 0.2) is 24.4 Å². The predicted octanol–water partition coefficient (Wildman–Crippen LogP) is 2.43. The highest BCUT2D eigenvalue weighted by molar-refractivity contribution is 5.89. The van der Waals surface area contributed by atoms with Gasteiger partial charge in [-0.1, -0.05) is 19.1 Å². The van der Waals surface area contributed by atoms with E-state index in [0.717, 1.165) is 12.8 Å². The van der Waals surface area contributed by atoms with Crippen LogP contribution < -0.4 is 0 Å². The Morgan fingerprint density at radius 1 is 1.45 bits per heavy atom. The molecule has 2 heterocycles. The van der Waals surface area contributed by atoms with Crippen molar-refractivity contribution >= 4 is 16.8 Å². The van der Waals surface area contributed by atoms with Crippen molar-refractivity contribution in [2.24, 2.45) is 5.92 Å². The van der Waals surface area contributed by atoms with Gasteiger partial charge in [0.15, 0.2) is 0 Å². The number of benzene rings is 1. The maximum Gasteiger partial charge on any atom is 0.222 e. The second kappa shape index (κ2) is 5.13. The first-order chi connectivity index (χ1) is 10.7. The lowest BCUT2D eigenvalue weighted by Gasteiger charge is -2.46. The Balaban J connectivity index is 1.82. The van der Waals surface area contributed by atoms with Gasteiger partial charge >= 0.3 is 0 Å². The summed E-state index contributed by atoms with van der Waals surface area (Å²) in [7, 11) is 0. The zero-order valence-corrected chi connectivity index (χ0v) is 12.9. The second-order valence-corrected chi connectivity index (χ2v) is 6.65. The Morgan fingerprint density at radius 2 is 2.32 bits per heavy atom. The van der Waals surface area contributed by atoms with Gasteiger partial charge in [0.05, 0.1) is 0 Å². The molecular formula is C18H22N2O2. The van der Waals surface area contributed by atoms with Crippen molar-refractivity contribution in [3.05, 3.63) is 35.5 Å². The van der Waals surface area contributed by atoms with Crippen molar-refractivity contribution < 1.29 is 9.90 Å². The first-order valence-corrected chi connectivity index (χ1v) is 8.22. The third-order valence-corrected chi connectivity index (χ3v) is 5.44. The number of aromatic nitrogens is 1. The summed E-state index contributed by atoms with van der Waals surface area (Å²) in [5.74, 6) is 0.736. The number of aliphatic hydroxyl groups excluding tert-OH is 1. The molecule has 0 radical (unpaired) electrons. The van der Waals surface area contributed by atoms with Gasteiger partial charge in [-0.3, -0.25) is 4.79 Å². The number of amides is 1. The van der Waals surface area contributed by atoms with E-state index in [0.29, 0.717) is 18.9 Å². The normalized spacial score (nSPS) is 27.0. The van der Waals surface area contributed by atoms with Crippen LogP contribution in [-0.2, 0) is 11.2 Å². The maximum absolute atomic E-state index is 12.4.